The average Bonchev–Trinajstić information content (AvgIpc) is 2.75. The zero-order chi connectivity index (χ0) is 20.8. The molecule has 0 bridgehead atoms. The first-order valence-corrected chi connectivity index (χ1v) is 10.0. The van der Waals surface area contributed by atoms with Crippen LogP contribution in [-0.4, -0.2) is 35.9 Å². The highest BCUT2D eigenvalue weighted by Gasteiger charge is 2.15. The van der Waals surface area contributed by atoms with Gasteiger partial charge in [-0.1, -0.05) is 42.1 Å². The average molecular weight is 411 g/mol. The Hall–Kier alpha value is -3.26. The number of carbonyl (C=O) groups excluding carboxylic acids is 1. The van der Waals surface area contributed by atoms with Gasteiger partial charge in [0.15, 0.2) is 5.16 Å². The molecule has 0 spiro atoms. The van der Waals surface area contributed by atoms with E-state index in [2.05, 4.69) is 10.3 Å². The van der Waals surface area contributed by atoms with Crippen LogP contribution in [0.2, 0.25) is 0 Å². The molecule has 1 amide bonds. The number of thioether (sulfide) groups is 1. The number of hydrogen-bond donors (Lipinski definition) is 1. The maximum absolute atomic E-state index is 12.7. The van der Waals surface area contributed by atoms with Crippen LogP contribution >= 0.6 is 11.8 Å². The Morgan fingerprint density at radius 1 is 1.10 bits per heavy atom. The van der Waals surface area contributed by atoms with E-state index in [0.29, 0.717) is 28.0 Å². The second-order valence-electron chi connectivity index (χ2n) is 6.03. The van der Waals surface area contributed by atoms with Crippen LogP contribution < -0.4 is 20.3 Å². The van der Waals surface area contributed by atoms with Crippen molar-refractivity contribution in [2.24, 2.45) is 0 Å². The molecule has 7 nitrogen and oxygen atoms in total. The summed E-state index contributed by atoms with van der Waals surface area (Å²) in [6, 6.07) is 16.0. The minimum Gasteiger partial charge on any atom is -0.497 e. The van der Waals surface area contributed by atoms with E-state index >= 15 is 0 Å². The number of rotatable bonds is 7. The number of methoxy groups -OCH3 is 2. The van der Waals surface area contributed by atoms with Crippen molar-refractivity contribution in [3.05, 3.63) is 65.0 Å². The molecular formula is C21H21N3O4S. The maximum atomic E-state index is 12.7. The number of nitrogens with one attached hydrogen (secondary N) is 1. The molecular weight excluding hydrogens is 390 g/mol. The van der Waals surface area contributed by atoms with Gasteiger partial charge in [0.05, 0.1) is 25.6 Å². The smallest absolute Gasteiger partial charge is 0.255 e. The highest BCUT2D eigenvalue weighted by molar-refractivity contribution is 7.98. The molecule has 0 aliphatic carbocycles. The third kappa shape index (κ3) is 4.78. The molecule has 1 aromatic heterocycles. The predicted octanol–water partition coefficient (Wildman–Crippen LogP) is 3.29. The Morgan fingerprint density at radius 3 is 2.52 bits per heavy atom. The summed E-state index contributed by atoms with van der Waals surface area (Å²) in [5, 5.41) is 3.23. The summed E-state index contributed by atoms with van der Waals surface area (Å²) >= 11 is 1.31. The lowest BCUT2D eigenvalue weighted by atomic mass is 10.1. The van der Waals surface area contributed by atoms with Crippen LogP contribution in [0.3, 0.4) is 0 Å². The first-order chi connectivity index (χ1) is 14.0. The van der Waals surface area contributed by atoms with Gasteiger partial charge in [0.25, 0.3) is 5.56 Å². The van der Waals surface area contributed by atoms with Crippen molar-refractivity contribution in [1.29, 1.82) is 0 Å². The van der Waals surface area contributed by atoms with Gasteiger partial charge >= 0.3 is 0 Å². The van der Waals surface area contributed by atoms with Gasteiger partial charge in [0, 0.05) is 17.7 Å². The first kappa shape index (κ1) is 20.5. The summed E-state index contributed by atoms with van der Waals surface area (Å²) in [6.07, 6.45) is 1.82. The zero-order valence-corrected chi connectivity index (χ0v) is 17.2. The highest BCUT2D eigenvalue weighted by Crippen LogP contribution is 2.29. The molecule has 0 aliphatic heterocycles. The molecule has 8 heteroatoms. The van der Waals surface area contributed by atoms with E-state index in [1.54, 1.807) is 18.2 Å². The zero-order valence-electron chi connectivity index (χ0n) is 16.3. The normalized spacial score (nSPS) is 10.4. The van der Waals surface area contributed by atoms with Crippen molar-refractivity contribution in [3.63, 3.8) is 0 Å². The van der Waals surface area contributed by atoms with E-state index in [-0.39, 0.29) is 18.0 Å². The van der Waals surface area contributed by atoms with E-state index < -0.39 is 0 Å². The SMILES string of the molecule is COc1ccc(OC)c(NC(=O)Cn2c(SC)nc(-c3ccccc3)cc2=O)c1. The number of ether oxygens (including phenoxy) is 2. The fraction of sp³-hybridized carbons (Fsp3) is 0.190. The molecule has 3 aromatic rings. The summed E-state index contributed by atoms with van der Waals surface area (Å²) in [5.41, 5.74) is 1.59. The second kappa shape index (κ2) is 9.29. The number of carbonyl (C=O) groups is 1. The van der Waals surface area contributed by atoms with Crippen LogP contribution in [0.15, 0.2) is 64.5 Å². The van der Waals surface area contributed by atoms with Gasteiger partial charge in [-0.2, -0.15) is 0 Å². The van der Waals surface area contributed by atoms with Gasteiger partial charge in [-0.3, -0.25) is 14.2 Å². The Balaban J connectivity index is 1.86. The fourth-order valence-corrected chi connectivity index (χ4v) is 3.35. The van der Waals surface area contributed by atoms with Gasteiger partial charge in [-0.15, -0.1) is 0 Å². The van der Waals surface area contributed by atoms with E-state index in [1.165, 1.54) is 36.6 Å². The summed E-state index contributed by atoms with van der Waals surface area (Å²) in [6.45, 7) is -0.169. The van der Waals surface area contributed by atoms with Gasteiger partial charge in [-0.25, -0.2) is 4.98 Å². The van der Waals surface area contributed by atoms with E-state index in [1.807, 2.05) is 36.6 Å². The summed E-state index contributed by atoms with van der Waals surface area (Å²) in [4.78, 5) is 29.9. The van der Waals surface area contributed by atoms with Crippen molar-refractivity contribution < 1.29 is 14.3 Å². The number of amides is 1. The number of aromatic nitrogens is 2. The molecule has 0 radical (unpaired) electrons. The molecule has 3 rings (SSSR count). The highest BCUT2D eigenvalue weighted by atomic mass is 32.2. The standard InChI is InChI=1S/C21H21N3O4S/c1-27-15-9-10-18(28-2)17(11-15)22-19(25)13-24-20(26)12-16(23-21(24)29-3)14-7-5-4-6-8-14/h4-12H,13H2,1-3H3,(H,22,25). The van der Waals surface area contributed by atoms with Crippen molar-refractivity contribution in [2.75, 3.05) is 25.8 Å². The Morgan fingerprint density at radius 2 is 1.86 bits per heavy atom. The number of hydrogen-bond acceptors (Lipinski definition) is 6. The van der Waals surface area contributed by atoms with Crippen molar-refractivity contribution in [2.45, 2.75) is 11.7 Å². The quantitative estimate of drug-likeness (QED) is 0.475. The van der Waals surface area contributed by atoms with Crippen LogP contribution in [0.25, 0.3) is 11.3 Å². The van der Waals surface area contributed by atoms with Crippen LogP contribution in [0.5, 0.6) is 11.5 Å². The number of nitrogens with zero attached hydrogens (tertiary/aromatic N) is 2. The number of benzene rings is 2. The third-order valence-corrected chi connectivity index (χ3v) is 4.88. The Bertz CT molecular complexity index is 1070. The fourth-order valence-electron chi connectivity index (χ4n) is 2.79. The molecule has 2 aromatic carbocycles. The third-order valence-electron chi connectivity index (χ3n) is 4.21. The van der Waals surface area contributed by atoms with Crippen molar-refractivity contribution in [1.82, 2.24) is 9.55 Å². The lowest BCUT2D eigenvalue weighted by Crippen LogP contribution is -2.29. The summed E-state index contributed by atoms with van der Waals surface area (Å²) in [7, 11) is 3.05. The van der Waals surface area contributed by atoms with Crippen LogP contribution in [-0.2, 0) is 11.3 Å². The number of anilines is 1. The Kier molecular flexibility index (Phi) is 6.56. The van der Waals surface area contributed by atoms with Crippen LogP contribution in [0.4, 0.5) is 5.69 Å². The monoisotopic (exact) mass is 411 g/mol. The minimum absolute atomic E-state index is 0.169. The summed E-state index contributed by atoms with van der Waals surface area (Å²) in [5.74, 6) is 0.703. The van der Waals surface area contributed by atoms with Crippen molar-refractivity contribution >= 4 is 23.4 Å². The molecule has 0 saturated heterocycles. The lowest BCUT2D eigenvalue weighted by molar-refractivity contribution is -0.116. The van der Waals surface area contributed by atoms with Crippen molar-refractivity contribution in [3.8, 4) is 22.8 Å². The molecule has 0 fully saturated rings. The predicted molar refractivity (Wildman–Crippen MR) is 114 cm³/mol. The van der Waals surface area contributed by atoms with Gasteiger partial charge < -0.3 is 14.8 Å². The van der Waals surface area contributed by atoms with E-state index in [9.17, 15) is 9.59 Å². The molecule has 1 N–H and O–H groups in total. The van der Waals surface area contributed by atoms with Crippen LogP contribution in [0.1, 0.15) is 0 Å². The van der Waals surface area contributed by atoms with Gasteiger partial charge in [0.1, 0.15) is 18.0 Å². The van der Waals surface area contributed by atoms with E-state index in [0.717, 1.165) is 5.56 Å². The molecule has 29 heavy (non-hydrogen) atoms. The molecule has 0 aliphatic rings. The first-order valence-electron chi connectivity index (χ1n) is 8.79. The van der Waals surface area contributed by atoms with Gasteiger partial charge in [-0.05, 0) is 18.4 Å². The molecule has 1 heterocycles. The van der Waals surface area contributed by atoms with Crippen LogP contribution in [0, 0.1) is 0 Å². The molecule has 0 saturated carbocycles. The molecule has 0 unspecified atom stereocenters. The second-order valence-corrected chi connectivity index (χ2v) is 6.81. The molecule has 0 atom stereocenters. The summed E-state index contributed by atoms with van der Waals surface area (Å²) < 4.78 is 11.8. The van der Waals surface area contributed by atoms with Gasteiger partial charge in [0.2, 0.25) is 5.91 Å². The minimum atomic E-state index is -0.372. The largest absolute Gasteiger partial charge is 0.497 e. The lowest BCUT2D eigenvalue weighted by Gasteiger charge is -2.14. The molecule has 150 valence electrons. The maximum Gasteiger partial charge on any atom is 0.255 e. The van der Waals surface area contributed by atoms with E-state index in [4.69, 9.17) is 9.47 Å². The topological polar surface area (TPSA) is 82.4 Å². The Labute approximate surface area is 172 Å².